The van der Waals surface area contributed by atoms with Crippen molar-refractivity contribution in [3.63, 3.8) is 0 Å². The number of benzene rings is 1. The quantitative estimate of drug-likeness (QED) is 0.880. The van der Waals surface area contributed by atoms with Crippen molar-refractivity contribution in [2.45, 2.75) is 12.3 Å². The summed E-state index contributed by atoms with van der Waals surface area (Å²) in [6.07, 6.45) is 3.39. The van der Waals surface area contributed by atoms with Crippen molar-refractivity contribution in [2.75, 3.05) is 5.32 Å². The molecule has 4 nitrogen and oxygen atoms in total. The van der Waals surface area contributed by atoms with E-state index >= 15 is 0 Å². The van der Waals surface area contributed by atoms with Crippen molar-refractivity contribution in [3.8, 4) is 5.69 Å². The highest BCUT2D eigenvalue weighted by Gasteiger charge is 2.14. The Hall–Kier alpha value is -1.52. The minimum Gasteiger partial charge on any atom is -0.323 e. The maximum Gasteiger partial charge on any atom is 0.242 e. The number of amides is 1. The molecule has 94 valence electrons. The number of aromatic nitrogens is 2. The zero-order valence-corrected chi connectivity index (χ0v) is 11.1. The number of anilines is 1. The molecule has 0 saturated heterocycles. The van der Waals surface area contributed by atoms with Gasteiger partial charge < -0.3 is 5.32 Å². The molecule has 0 aliphatic rings. The minimum atomic E-state index is -0.616. The number of carbonyl (C=O) groups excluding carboxylic acids is 1. The molecule has 1 aromatic carbocycles. The highest BCUT2D eigenvalue weighted by Crippen LogP contribution is 2.28. The van der Waals surface area contributed by atoms with E-state index in [1.807, 2.05) is 0 Å². The van der Waals surface area contributed by atoms with Gasteiger partial charge in [0.05, 0.1) is 10.7 Å². The highest BCUT2D eigenvalue weighted by atomic mass is 35.5. The molecule has 18 heavy (non-hydrogen) atoms. The number of carbonyl (C=O) groups is 1. The molecule has 1 unspecified atom stereocenters. The maximum atomic E-state index is 11.6. The largest absolute Gasteiger partial charge is 0.323 e. The number of hydrogen-bond donors (Lipinski definition) is 1. The Bertz CT molecular complexity index is 552. The molecule has 1 aromatic heterocycles. The molecule has 6 heteroatoms. The number of nitrogens with one attached hydrogen (secondary N) is 1. The standard InChI is InChI=1S/C12H11Cl2N3O/c1-8(13)12(18)16-10-5-2-4-9(14)11(10)17-7-3-6-15-17/h2-8H,1H3,(H,16,18). The average molecular weight is 284 g/mol. The molecule has 0 spiro atoms. The molecule has 0 radical (unpaired) electrons. The van der Waals surface area contributed by atoms with Crippen LogP contribution in [0, 0.1) is 0 Å². The first-order chi connectivity index (χ1) is 8.59. The SMILES string of the molecule is CC(Cl)C(=O)Nc1cccc(Cl)c1-n1cccn1. The summed E-state index contributed by atoms with van der Waals surface area (Å²) in [5.41, 5.74) is 1.19. The van der Waals surface area contributed by atoms with Gasteiger partial charge in [0.2, 0.25) is 5.91 Å². The molecule has 0 bridgehead atoms. The van der Waals surface area contributed by atoms with Gasteiger partial charge >= 0.3 is 0 Å². The zero-order valence-electron chi connectivity index (χ0n) is 9.60. The Balaban J connectivity index is 2.42. The summed E-state index contributed by atoms with van der Waals surface area (Å²) in [6, 6.07) is 7.02. The second-order valence-corrected chi connectivity index (χ2v) is 4.75. The Kier molecular flexibility index (Phi) is 3.89. The molecule has 1 N–H and O–H groups in total. The van der Waals surface area contributed by atoms with Crippen LogP contribution >= 0.6 is 23.2 Å². The number of hydrogen-bond acceptors (Lipinski definition) is 2. The summed E-state index contributed by atoms with van der Waals surface area (Å²) in [7, 11) is 0. The van der Waals surface area contributed by atoms with Crippen molar-refractivity contribution in [1.29, 1.82) is 0 Å². The van der Waals surface area contributed by atoms with Crippen molar-refractivity contribution in [2.24, 2.45) is 0 Å². The fourth-order valence-electron chi connectivity index (χ4n) is 1.48. The molecular weight excluding hydrogens is 273 g/mol. The second-order valence-electron chi connectivity index (χ2n) is 3.69. The topological polar surface area (TPSA) is 46.9 Å². The lowest BCUT2D eigenvalue weighted by molar-refractivity contribution is -0.115. The zero-order chi connectivity index (χ0) is 13.1. The van der Waals surface area contributed by atoms with E-state index in [9.17, 15) is 4.79 Å². The van der Waals surface area contributed by atoms with Crippen LogP contribution in [0.3, 0.4) is 0 Å². The predicted octanol–water partition coefficient (Wildman–Crippen LogP) is 3.09. The van der Waals surface area contributed by atoms with E-state index < -0.39 is 5.38 Å². The first-order valence-electron chi connectivity index (χ1n) is 5.33. The lowest BCUT2D eigenvalue weighted by Gasteiger charge is -2.13. The molecule has 2 aromatic rings. The van der Waals surface area contributed by atoms with E-state index in [-0.39, 0.29) is 5.91 Å². The molecule has 0 aliphatic carbocycles. The Morgan fingerprint density at radius 3 is 2.83 bits per heavy atom. The number of nitrogens with zero attached hydrogens (tertiary/aromatic N) is 2. The van der Waals surface area contributed by atoms with E-state index in [4.69, 9.17) is 23.2 Å². The van der Waals surface area contributed by atoms with Crippen LogP contribution in [-0.4, -0.2) is 21.1 Å². The summed E-state index contributed by atoms with van der Waals surface area (Å²) in [5.74, 6) is -0.285. The molecule has 0 saturated carbocycles. The van der Waals surface area contributed by atoms with Gasteiger partial charge in [0.25, 0.3) is 0 Å². The van der Waals surface area contributed by atoms with Gasteiger partial charge in [-0.3, -0.25) is 4.79 Å². The third-order valence-corrected chi connectivity index (χ3v) is 2.84. The first-order valence-corrected chi connectivity index (χ1v) is 6.14. The highest BCUT2D eigenvalue weighted by molar-refractivity contribution is 6.34. The van der Waals surface area contributed by atoms with Gasteiger partial charge in [-0.1, -0.05) is 17.7 Å². The smallest absolute Gasteiger partial charge is 0.242 e. The van der Waals surface area contributed by atoms with Gasteiger partial charge in [-0.05, 0) is 25.1 Å². The molecule has 1 atom stereocenters. The number of rotatable bonds is 3. The van der Waals surface area contributed by atoms with Crippen LogP contribution in [0.1, 0.15) is 6.92 Å². The molecule has 0 aliphatic heterocycles. The first kappa shape index (κ1) is 12.9. The van der Waals surface area contributed by atoms with Crippen molar-refractivity contribution in [1.82, 2.24) is 9.78 Å². The van der Waals surface area contributed by atoms with Gasteiger partial charge in [0.1, 0.15) is 11.1 Å². The number of halogens is 2. The second kappa shape index (κ2) is 5.42. The minimum absolute atomic E-state index is 0.285. The normalized spacial score (nSPS) is 12.2. The van der Waals surface area contributed by atoms with Crippen LogP contribution < -0.4 is 5.32 Å². The molecule has 2 rings (SSSR count). The monoisotopic (exact) mass is 283 g/mol. The van der Waals surface area contributed by atoms with Gasteiger partial charge in [-0.2, -0.15) is 5.10 Å². The summed E-state index contributed by atoms with van der Waals surface area (Å²) >= 11 is 11.9. The van der Waals surface area contributed by atoms with E-state index in [0.717, 1.165) is 0 Å². The third kappa shape index (κ3) is 2.66. The van der Waals surface area contributed by atoms with Gasteiger partial charge in [-0.15, -0.1) is 11.6 Å². The van der Waals surface area contributed by atoms with Crippen molar-refractivity contribution in [3.05, 3.63) is 41.7 Å². The molecule has 1 amide bonds. The molecule has 0 fully saturated rings. The number of para-hydroxylation sites is 1. The summed E-state index contributed by atoms with van der Waals surface area (Å²) in [5, 5.41) is 6.71. The lowest BCUT2D eigenvalue weighted by Crippen LogP contribution is -2.21. The van der Waals surface area contributed by atoms with Crippen LogP contribution in [0.15, 0.2) is 36.7 Å². The van der Waals surface area contributed by atoms with Crippen molar-refractivity contribution < 1.29 is 4.79 Å². The summed E-state index contributed by atoms with van der Waals surface area (Å²) < 4.78 is 1.59. The Labute approximate surface area is 115 Å². The Morgan fingerprint density at radius 2 is 2.22 bits per heavy atom. The van der Waals surface area contributed by atoms with Crippen LogP contribution in [0.25, 0.3) is 5.69 Å². The lowest BCUT2D eigenvalue weighted by atomic mass is 10.2. The summed E-state index contributed by atoms with van der Waals surface area (Å²) in [6.45, 7) is 1.61. The molecular formula is C12H11Cl2N3O. The average Bonchev–Trinajstić information content (AvgIpc) is 2.82. The van der Waals surface area contributed by atoms with Gasteiger partial charge in [0.15, 0.2) is 0 Å². The van der Waals surface area contributed by atoms with Crippen LogP contribution in [0.4, 0.5) is 5.69 Å². The van der Waals surface area contributed by atoms with E-state index in [1.54, 1.807) is 48.3 Å². The number of alkyl halides is 1. The maximum absolute atomic E-state index is 11.6. The van der Waals surface area contributed by atoms with Crippen LogP contribution in [-0.2, 0) is 4.79 Å². The van der Waals surface area contributed by atoms with Gasteiger partial charge in [-0.25, -0.2) is 4.68 Å². The van der Waals surface area contributed by atoms with Crippen LogP contribution in [0.2, 0.25) is 5.02 Å². The predicted molar refractivity (Wildman–Crippen MR) is 72.5 cm³/mol. The van der Waals surface area contributed by atoms with Crippen LogP contribution in [0.5, 0.6) is 0 Å². The fourth-order valence-corrected chi connectivity index (χ4v) is 1.80. The Morgan fingerprint density at radius 1 is 1.44 bits per heavy atom. The molecule has 1 heterocycles. The summed E-state index contributed by atoms with van der Waals surface area (Å²) in [4.78, 5) is 11.6. The van der Waals surface area contributed by atoms with Gasteiger partial charge in [0, 0.05) is 12.4 Å². The fraction of sp³-hybridized carbons (Fsp3) is 0.167. The van der Waals surface area contributed by atoms with Crippen molar-refractivity contribution >= 4 is 34.8 Å². The van der Waals surface area contributed by atoms with E-state index in [0.29, 0.717) is 16.4 Å². The van der Waals surface area contributed by atoms with E-state index in [2.05, 4.69) is 10.4 Å². The third-order valence-electron chi connectivity index (χ3n) is 2.34. The van der Waals surface area contributed by atoms with E-state index in [1.165, 1.54) is 0 Å².